The zero-order valence-corrected chi connectivity index (χ0v) is 13.7. The van der Waals surface area contributed by atoms with Gasteiger partial charge in [0, 0.05) is 6.54 Å². The lowest BCUT2D eigenvalue weighted by Gasteiger charge is -2.21. The van der Waals surface area contributed by atoms with Crippen molar-refractivity contribution in [3.05, 3.63) is 29.8 Å². The summed E-state index contributed by atoms with van der Waals surface area (Å²) in [6.45, 7) is 4.01. The van der Waals surface area contributed by atoms with E-state index in [9.17, 15) is 5.11 Å². The Kier molecular flexibility index (Phi) is 8.27. The Morgan fingerprint density at radius 1 is 1.38 bits per heavy atom. The predicted octanol–water partition coefficient (Wildman–Crippen LogP) is 2.18. The summed E-state index contributed by atoms with van der Waals surface area (Å²) < 4.78 is 5.64. The summed E-state index contributed by atoms with van der Waals surface area (Å²) in [5.41, 5.74) is 6.36. The highest BCUT2D eigenvalue weighted by Gasteiger charge is 2.11. The van der Waals surface area contributed by atoms with Crippen LogP contribution in [0.5, 0.6) is 5.75 Å². The first kappa shape index (κ1) is 17.9. The molecule has 1 unspecified atom stereocenters. The zero-order chi connectivity index (χ0) is 15.7. The van der Waals surface area contributed by atoms with Crippen molar-refractivity contribution in [1.29, 1.82) is 0 Å². The van der Waals surface area contributed by atoms with Crippen LogP contribution in [0.25, 0.3) is 0 Å². The third-order valence-corrected chi connectivity index (χ3v) is 3.47. The number of thiocarbonyl (C=S) groups is 1. The number of unbranched alkanes of at least 4 members (excludes halogenated alkanes) is 2. The maximum Gasteiger partial charge on any atom is 0.129 e. The molecular formula is C16H26N2O2S. The quantitative estimate of drug-likeness (QED) is 0.512. The number of nitrogens with zero attached hydrogens (tertiary/aromatic N) is 1. The van der Waals surface area contributed by atoms with Gasteiger partial charge in [0.25, 0.3) is 0 Å². The maximum atomic E-state index is 10.0. The molecule has 0 bridgehead atoms. The average molecular weight is 310 g/mol. The fourth-order valence-electron chi connectivity index (χ4n) is 2.12. The summed E-state index contributed by atoms with van der Waals surface area (Å²) >= 11 is 4.99. The van der Waals surface area contributed by atoms with E-state index in [0.717, 1.165) is 13.0 Å². The van der Waals surface area contributed by atoms with Crippen molar-refractivity contribution in [2.75, 3.05) is 26.7 Å². The lowest BCUT2D eigenvalue weighted by Crippen LogP contribution is -2.33. The largest absolute Gasteiger partial charge is 0.490 e. The van der Waals surface area contributed by atoms with Crippen molar-refractivity contribution < 1.29 is 9.84 Å². The van der Waals surface area contributed by atoms with Gasteiger partial charge >= 0.3 is 0 Å². The lowest BCUT2D eigenvalue weighted by molar-refractivity contribution is 0.0758. The first-order valence-electron chi connectivity index (χ1n) is 7.42. The van der Waals surface area contributed by atoms with Gasteiger partial charge in [0.1, 0.15) is 23.4 Å². The fraction of sp³-hybridized carbons (Fsp3) is 0.562. The second-order valence-corrected chi connectivity index (χ2v) is 5.73. The maximum absolute atomic E-state index is 10.0. The van der Waals surface area contributed by atoms with E-state index in [1.807, 2.05) is 31.3 Å². The molecule has 5 heteroatoms. The van der Waals surface area contributed by atoms with E-state index < -0.39 is 6.10 Å². The second-order valence-electron chi connectivity index (χ2n) is 5.29. The SMILES string of the molecule is CCCCCN(C)CC(O)COc1ccccc1C(N)=S. The molecule has 1 atom stereocenters. The van der Waals surface area contributed by atoms with E-state index in [2.05, 4.69) is 11.8 Å². The minimum Gasteiger partial charge on any atom is -0.490 e. The second kappa shape index (κ2) is 9.71. The van der Waals surface area contributed by atoms with Gasteiger partial charge in [-0.2, -0.15) is 0 Å². The number of para-hydroxylation sites is 1. The summed E-state index contributed by atoms with van der Waals surface area (Å²) in [5.74, 6) is 0.623. The molecule has 21 heavy (non-hydrogen) atoms. The molecule has 0 aliphatic heterocycles. The van der Waals surface area contributed by atoms with Crippen LogP contribution in [0.15, 0.2) is 24.3 Å². The van der Waals surface area contributed by atoms with E-state index in [-0.39, 0.29) is 6.61 Å². The fourth-order valence-corrected chi connectivity index (χ4v) is 2.29. The third-order valence-electron chi connectivity index (χ3n) is 3.25. The molecule has 0 amide bonds. The molecule has 3 N–H and O–H groups in total. The van der Waals surface area contributed by atoms with Gasteiger partial charge in [-0.15, -0.1) is 0 Å². The minimum absolute atomic E-state index is 0.234. The number of ether oxygens (including phenoxy) is 1. The monoisotopic (exact) mass is 310 g/mol. The highest BCUT2D eigenvalue weighted by atomic mass is 32.1. The molecule has 0 saturated heterocycles. The first-order valence-corrected chi connectivity index (χ1v) is 7.83. The smallest absolute Gasteiger partial charge is 0.129 e. The number of rotatable bonds is 10. The molecule has 0 aliphatic rings. The van der Waals surface area contributed by atoms with Crippen molar-refractivity contribution in [2.45, 2.75) is 32.3 Å². The van der Waals surface area contributed by atoms with Crippen LogP contribution < -0.4 is 10.5 Å². The molecule has 0 spiro atoms. The van der Waals surface area contributed by atoms with Crippen molar-refractivity contribution in [3.63, 3.8) is 0 Å². The van der Waals surface area contributed by atoms with Gasteiger partial charge in [-0.3, -0.25) is 0 Å². The van der Waals surface area contributed by atoms with E-state index in [1.165, 1.54) is 12.8 Å². The Bertz CT molecular complexity index is 440. The number of likely N-dealkylation sites (N-methyl/N-ethyl adjacent to an activating group) is 1. The Hall–Kier alpha value is -1.17. The summed E-state index contributed by atoms with van der Waals surface area (Å²) in [6, 6.07) is 7.35. The Morgan fingerprint density at radius 2 is 2.10 bits per heavy atom. The van der Waals surface area contributed by atoms with Crippen LogP contribution in [-0.2, 0) is 0 Å². The molecule has 0 aromatic heterocycles. The number of hydrogen-bond donors (Lipinski definition) is 2. The van der Waals surface area contributed by atoms with Crippen molar-refractivity contribution in [2.24, 2.45) is 5.73 Å². The van der Waals surface area contributed by atoms with Gasteiger partial charge in [0.05, 0.1) is 5.56 Å². The number of hydrogen-bond acceptors (Lipinski definition) is 4. The van der Waals surface area contributed by atoms with E-state index >= 15 is 0 Å². The van der Waals surface area contributed by atoms with Gasteiger partial charge in [-0.05, 0) is 32.1 Å². The van der Waals surface area contributed by atoms with Gasteiger partial charge in [0.15, 0.2) is 0 Å². The molecule has 0 radical (unpaired) electrons. The molecule has 0 heterocycles. The van der Waals surface area contributed by atoms with Crippen molar-refractivity contribution in [3.8, 4) is 5.75 Å². The van der Waals surface area contributed by atoms with Gasteiger partial charge in [-0.1, -0.05) is 44.1 Å². The summed E-state index contributed by atoms with van der Waals surface area (Å²) in [4.78, 5) is 2.43. The van der Waals surface area contributed by atoms with Gasteiger partial charge < -0.3 is 20.5 Å². The third kappa shape index (κ3) is 6.89. The number of aliphatic hydroxyl groups excluding tert-OH is 1. The molecule has 1 aromatic carbocycles. The number of nitrogens with two attached hydrogens (primary N) is 1. The summed E-state index contributed by atoms with van der Waals surface area (Å²) in [7, 11) is 2.02. The van der Waals surface area contributed by atoms with Crippen LogP contribution in [0.3, 0.4) is 0 Å². The van der Waals surface area contributed by atoms with Crippen LogP contribution in [-0.4, -0.2) is 47.8 Å². The molecule has 1 rings (SSSR count). The topological polar surface area (TPSA) is 58.7 Å². The number of benzene rings is 1. The van der Waals surface area contributed by atoms with Crippen molar-refractivity contribution >= 4 is 17.2 Å². The standard InChI is InChI=1S/C16H26N2O2S/c1-3-4-7-10-18(2)11-13(19)12-20-15-9-6-5-8-14(15)16(17)21/h5-6,8-9,13,19H,3-4,7,10-12H2,1-2H3,(H2,17,21). The van der Waals surface area contributed by atoms with Gasteiger partial charge in [-0.25, -0.2) is 0 Å². The minimum atomic E-state index is -0.531. The lowest BCUT2D eigenvalue weighted by atomic mass is 10.2. The zero-order valence-electron chi connectivity index (χ0n) is 12.9. The van der Waals surface area contributed by atoms with E-state index in [4.69, 9.17) is 22.7 Å². The highest BCUT2D eigenvalue weighted by Crippen LogP contribution is 2.17. The van der Waals surface area contributed by atoms with E-state index in [0.29, 0.717) is 22.8 Å². The highest BCUT2D eigenvalue weighted by molar-refractivity contribution is 7.80. The Balaban J connectivity index is 2.39. The van der Waals surface area contributed by atoms with Crippen LogP contribution in [0.4, 0.5) is 0 Å². The molecular weight excluding hydrogens is 284 g/mol. The van der Waals surface area contributed by atoms with Crippen LogP contribution >= 0.6 is 12.2 Å². The van der Waals surface area contributed by atoms with Crippen LogP contribution in [0, 0.1) is 0 Å². The summed E-state index contributed by atoms with van der Waals surface area (Å²) in [6.07, 6.45) is 3.05. The molecule has 118 valence electrons. The predicted molar refractivity (Wildman–Crippen MR) is 90.9 cm³/mol. The van der Waals surface area contributed by atoms with Crippen LogP contribution in [0.2, 0.25) is 0 Å². The van der Waals surface area contributed by atoms with Crippen LogP contribution in [0.1, 0.15) is 31.7 Å². The normalized spacial score (nSPS) is 12.4. The van der Waals surface area contributed by atoms with Crippen molar-refractivity contribution in [1.82, 2.24) is 4.90 Å². The summed E-state index contributed by atoms with van der Waals surface area (Å²) in [5, 5.41) is 10.0. The molecule has 4 nitrogen and oxygen atoms in total. The molecule has 0 saturated carbocycles. The Labute approximate surface area is 132 Å². The average Bonchev–Trinajstić information content (AvgIpc) is 2.45. The first-order chi connectivity index (χ1) is 10.0. The van der Waals surface area contributed by atoms with E-state index in [1.54, 1.807) is 0 Å². The molecule has 0 aliphatic carbocycles. The Morgan fingerprint density at radius 3 is 2.76 bits per heavy atom. The number of aliphatic hydroxyl groups is 1. The van der Waals surface area contributed by atoms with Gasteiger partial charge in [0.2, 0.25) is 0 Å². The molecule has 1 aromatic rings. The molecule has 0 fully saturated rings.